The Morgan fingerprint density at radius 1 is 1.26 bits per heavy atom. The van der Waals surface area contributed by atoms with E-state index in [4.69, 9.17) is 4.74 Å². The van der Waals surface area contributed by atoms with E-state index in [0.29, 0.717) is 43.0 Å². The Bertz CT molecular complexity index is 795. The highest BCUT2D eigenvalue weighted by Gasteiger charge is 2.50. The van der Waals surface area contributed by atoms with Crippen LogP contribution in [0.1, 0.15) is 12.8 Å². The summed E-state index contributed by atoms with van der Waals surface area (Å²) in [4.78, 5) is 49.5. The van der Waals surface area contributed by atoms with Gasteiger partial charge in [0.05, 0.1) is 33.1 Å². The van der Waals surface area contributed by atoms with Crippen molar-refractivity contribution in [3.8, 4) is 0 Å². The number of ether oxygens (including phenoxy) is 1. The lowest BCUT2D eigenvalue weighted by atomic mass is 10.0. The van der Waals surface area contributed by atoms with Crippen LogP contribution in [0.4, 0.5) is 4.79 Å². The molecule has 3 heterocycles. The lowest BCUT2D eigenvalue weighted by molar-refractivity contribution is -0.407. The first-order valence-corrected chi connectivity index (χ1v) is 10.0. The fourth-order valence-corrected chi connectivity index (χ4v) is 4.25. The first-order valence-electron chi connectivity index (χ1n) is 9.05. The van der Waals surface area contributed by atoms with Crippen molar-refractivity contribution < 1.29 is 23.7 Å². The van der Waals surface area contributed by atoms with Crippen molar-refractivity contribution in [2.75, 3.05) is 46.2 Å². The van der Waals surface area contributed by atoms with Crippen molar-refractivity contribution in [2.45, 2.75) is 12.8 Å². The number of hydrogen-bond acceptors (Lipinski definition) is 7. The van der Waals surface area contributed by atoms with Crippen LogP contribution in [0.15, 0.2) is 9.98 Å². The fourth-order valence-electron chi connectivity index (χ4n) is 3.27. The summed E-state index contributed by atoms with van der Waals surface area (Å²) < 4.78 is 6.69. The number of rotatable bonds is 3. The Hall–Kier alpha value is -2.07. The average molecular weight is 392 g/mol. The van der Waals surface area contributed by atoms with Crippen LogP contribution in [0, 0.1) is 11.8 Å². The Morgan fingerprint density at radius 2 is 1.96 bits per heavy atom. The van der Waals surface area contributed by atoms with Gasteiger partial charge in [0.25, 0.3) is 5.84 Å². The summed E-state index contributed by atoms with van der Waals surface area (Å²) in [6.45, 7) is 2.26. The predicted octanol–water partition coefficient (Wildman–Crippen LogP) is 0.0480. The van der Waals surface area contributed by atoms with E-state index in [1.54, 1.807) is 11.9 Å². The van der Waals surface area contributed by atoms with Crippen LogP contribution in [-0.2, 0) is 14.3 Å². The van der Waals surface area contributed by atoms with Crippen molar-refractivity contribution >= 4 is 46.3 Å². The van der Waals surface area contributed by atoms with Gasteiger partial charge in [0.2, 0.25) is 11.7 Å². The molecular weight excluding hydrogens is 370 g/mol. The van der Waals surface area contributed by atoms with Gasteiger partial charge in [-0.1, -0.05) is 16.8 Å². The molecule has 4 amide bonds. The second-order valence-corrected chi connectivity index (χ2v) is 8.00. The molecule has 1 saturated heterocycles. The summed E-state index contributed by atoms with van der Waals surface area (Å²) in [5, 5.41) is 0.555. The van der Waals surface area contributed by atoms with Gasteiger partial charge in [-0.25, -0.2) is 9.79 Å². The molecule has 1 unspecified atom stereocenters. The van der Waals surface area contributed by atoms with E-state index in [9.17, 15) is 14.4 Å². The van der Waals surface area contributed by atoms with Gasteiger partial charge in [0, 0.05) is 19.0 Å². The smallest absolute Gasteiger partial charge is 0.378 e. The van der Waals surface area contributed by atoms with E-state index in [-0.39, 0.29) is 23.5 Å². The fraction of sp³-hybridized carbons (Fsp3) is 0.647. The molecule has 0 radical (unpaired) electrons. The van der Waals surface area contributed by atoms with Crippen LogP contribution >= 0.6 is 11.8 Å². The summed E-state index contributed by atoms with van der Waals surface area (Å²) in [6.07, 6.45) is 2.02. The van der Waals surface area contributed by atoms with E-state index >= 15 is 0 Å². The zero-order chi connectivity index (χ0) is 19.1. The summed E-state index contributed by atoms with van der Waals surface area (Å²) >= 11 is 1.27. The number of amides is 4. The molecule has 0 aromatic heterocycles. The molecule has 9 nitrogen and oxygen atoms in total. The highest BCUT2D eigenvalue weighted by molar-refractivity contribution is 8.14. The quantitative estimate of drug-likeness (QED) is 0.633. The molecule has 1 aliphatic carbocycles. The minimum absolute atomic E-state index is 0.00378. The summed E-state index contributed by atoms with van der Waals surface area (Å²) in [6, 6.07) is -0.402. The first-order chi connectivity index (χ1) is 13.0. The minimum atomic E-state index is -0.720. The number of hydrogen-bond donors (Lipinski definition) is 0. The van der Waals surface area contributed by atoms with Crippen molar-refractivity contribution in [1.29, 1.82) is 0 Å². The third kappa shape index (κ3) is 3.43. The molecule has 1 atom stereocenters. The topological polar surface area (TPSA) is 94.7 Å². The van der Waals surface area contributed by atoms with Crippen LogP contribution in [0.3, 0.4) is 0 Å². The molecule has 144 valence electrons. The molecule has 0 aromatic carbocycles. The van der Waals surface area contributed by atoms with Gasteiger partial charge in [-0.2, -0.15) is 9.48 Å². The zero-order valence-corrected chi connectivity index (χ0v) is 16.2. The maximum absolute atomic E-state index is 12.7. The van der Waals surface area contributed by atoms with Gasteiger partial charge in [-0.3, -0.25) is 9.59 Å². The molecule has 0 aromatic rings. The van der Waals surface area contributed by atoms with Crippen LogP contribution < -0.4 is 0 Å². The lowest BCUT2D eigenvalue weighted by Crippen LogP contribution is -2.55. The third-order valence-electron chi connectivity index (χ3n) is 5.10. The van der Waals surface area contributed by atoms with Crippen molar-refractivity contribution in [2.24, 2.45) is 21.8 Å². The first kappa shape index (κ1) is 18.3. The van der Waals surface area contributed by atoms with E-state index in [1.807, 2.05) is 0 Å². The number of morpholine rings is 1. The van der Waals surface area contributed by atoms with Gasteiger partial charge in [-0.15, -0.1) is 0 Å². The molecule has 4 aliphatic rings. The van der Waals surface area contributed by atoms with E-state index in [1.165, 1.54) is 23.4 Å². The van der Waals surface area contributed by atoms with Gasteiger partial charge in [0.15, 0.2) is 5.92 Å². The average Bonchev–Trinajstić information content (AvgIpc) is 3.54. The van der Waals surface area contributed by atoms with Gasteiger partial charge in [-0.05, 0) is 12.8 Å². The Labute approximate surface area is 161 Å². The standard InChI is InChI=1S/C17H22N5O4S/c1-20-14-12(16(24)21(2)17(20)25)15(19-13(18-14)10-3-4-10)27-9-11(23)22-5-7-26-8-6-22/h10,12H,3-9H2,1-2H3/q+1. The molecule has 27 heavy (non-hydrogen) atoms. The highest BCUT2D eigenvalue weighted by Crippen LogP contribution is 2.35. The normalized spacial score (nSPS) is 26.1. The maximum atomic E-state index is 12.7. The van der Waals surface area contributed by atoms with Gasteiger partial charge in [0.1, 0.15) is 5.04 Å². The number of imide groups is 1. The second kappa shape index (κ2) is 7.16. The SMILES string of the molecule is CN1C(=O)C2C(SCC(=O)N3CCOCC3)=NC(C3CC3)=NC2=[N+](C)C1=O. The summed E-state index contributed by atoms with van der Waals surface area (Å²) in [7, 11) is 3.08. The summed E-state index contributed by atoms with van der Waals surface area (Å²) in [5.74, 6) is 0.501. The minimum Gasteiger partial charge on any atom is -0.378 e. The molecule has 4 rings (SSSR count). The number of fused-ring (bicyclic) bond motifs is 1. The maximum Gasteiger partial charge on any atom is 0.445 e. The number of amidine groups is 2. The second-order valence-electron chi connectivity index (χ2n) is 7.01. The number of aliphatic imine (C=N–C) groups is 2. The monoisotopic (exact) mass is 392 g/mol. The Morgan fingerprint density at radius 3 is 2.63 bits per heavy atom. The van der Waals surface area contributed by atoms with E-state index in [2.05, 4.69) is 9.98 Å². The number of carbonyl (C=O) groups is 3. The molecule has 1 saturated carbocycles. The van der Waals surface area contributed by atoms with Gasteiger partial charge < -0.3 is 9.64 Å². The third-order valence-corrected chi connectivity index (χ3v) is 6.12. The lowest BCUT2D eigenvalue weighted by Gasteiger charge is -2.28. The molecule has 3 aliphatic heterocycles. The largest absolute Gasteiger partial charge is 0.445 e. The summed E-state index contributed by atoms with van der Waals surface area (Å²) in [5.41, 5.74) is 0. The molecule has 2 fully saturated rings. The Kier molecular flexibility index (Phi) is 4.85. The van der Waals surface area contributed by atoms with Crippen LogP contribution in [0.5, 0.6) is 0 Å². The van der Waals surface area contributed by atoms with E-state index in [0.717, 1.165) is 17.7 Å². The number of carbonyl (C=O) groups excluding carboxylic acids is 3. The molecule has 0 spiro atoms. The predicted molar refractivity (Wildman–Crippen MR) is 100 cm³/mol. The molecule has 0 bridgehead atoms. The zero-order valence-electron chi connectivity index (χ0n) is 15.4. The van der Waals surface area contributed by atoms with Crippen LogP contribution in [-0.4, -0.2) is 95.1 Å². The molecular formula is C17H22N5O4S+. The molecule has 10 heteroatoms. The number of nitrogens with zero attached hydrogens (tertiary/aromatic N) is 5. The van der Waals surface area contributed by atoms with Crippen LogP contribution in [0.25, 0.3) is 0 Å². The van der Waals surface area contributed by atoms with Crippen molar-refractivity contribution in [3.63, 3.8) is 0 Å². The van der Waals surface area contributed by atoms with Crippen molar-refractivity contribution in [3.05, 3.63) is 0 Å². The number of urea groups is 1. The van der Waals surface area contributed by atoms with E-state index < -0.39 is 11.9 Å². The number of thioether (sulfide) groups is 1. The Balaban J connectivity index is 1.58. The highest BCUT2D eigenvalue weighted by atomic mass is 32.2. The van der Waals surface area contributed by atoms with Gasteiger partial charge >= 0.3 is 11.9 Å². The van der Waals surface area contributed by atoms with Crippen LogP contribution in [0.2, 0.25) is 0 Å². The van der Waals surface area contributed by atoms with Crippen molar-refractivity contribution in [1.82, 2.24) is 9.80 Å². The molecule has 0 N–H and O–H groups in total.